The Morgan fingerprint density at radius 3 is 2.42 bits per heavy atom. The average Bonchev–Trinajstić information content (AvgIpc) is 2.38. The zero-order valence-electron chi connectivity index (χ0n) is 10.6. The fraction of sp³-hybridized carbons (Fsp3) is 0.231. The monoisotopic (exact) mass is 284 g/mol. The van der Waals surface area contributed by atoms with Crippen LogP contribution in [0.1, 0.15) is 16.1 Å². The highest BCUT2D eigenvalue weighted by Crippen LogP contribution is 2.23. The smallest absolute Gasteiger partial charge is 0.387 e. The van der Waals surface area contributed by atoms with Crippen LogP contribution in [0.5, 0.6) is 5.75 Å². The summed E-state index contributed by atoms with van der Waals surface area (Å²) in [4.78, 5) is 1.25. The molecule has 1 aromatic heterocycles. The third-order valence-corrected chi connectivity index (χ3v) is 3.89. The van der Waals surface area contributed by atoms with Gasteiger partial charge in [-0.2, -0.15) is 8.78 Å². The van der Waals surface area contributed by atoms with E-state index in [1.807, 2.05) is 24.0 Å². The Kier molecular flexibility index (Phi) is 3.90. The van der Waals surface area contributed by atoms with Crippen LogP contribution in [-0.2, 0) is 0 Å². The summed E-state index contributed by atoms with van der Waals surface area (Å²) in [6, 6.07) is 6.25. The summed E-state index contributed by atoms with van der Waals surface area (Å²) in [5.41, 5.74) is 8.45. The molecule has 0 unspecified atom stereocenters. The summed E-state index contributed by atoms with van der Waals surface area (Å²) >= 11 is 1.60. The fourth-order valence-corrected chi connectivity index (χ4v) is 2.38. The molecule has 3 nitrogen and oxygen atoms in total. The Bertz CT molecular complexity index is 584. The molecule has 0 radical (unpaired) electrons. The lowest BCUT2D eigenvalue weighted by atomic mass is 10.1. The van der Waals surface area contributed by atoms with Gasteiger partial charge in [-0.25, -0.2) is 0 Å². The molecule has 0 spiro atoms. The Labute approximate surface area is 114 Å². The third-order valence-electron chi connectivity index (χ3n) is 2.74. The molecule has 19 heavy (non-hydrogen) atoms. The van der Waals surface area contributed by atoms with E-state index in [0.29, 0.717) is 5.70 Å². The number of alkyl halides is 2. The lowest BCUT2D eigenvalue weighted by Crippen LogP contribution is -2.04. The first-order valence-corrected chi connectivity index (χ1v) is 6.42. The number of benzene rings is 1. The Morgan fingerprint density at radius 2 is 1.95 bits per heavy atom. The number of hydrogen-bond donors (Lipinski definition) is 1. The summed E-state index contributed by atoms with van der Waals surface area (Å²) < 4.78 is 30.3. The molecule has 1 aromatic carbocycles. The van der Waals surface area contributed by atoms with E-state index in [1.54, 1.807) is 23.7 Å². The summed E-state index contributed by atoms with van der Waals surface area (Å²) in [6.07, 6.45) is 1.82. The Morgan fingerprint density at radius 1 is 1.32 bits per heavy atom. The molecule has 0 aliphatic carbocycles. The number of hydrogen-bond acceptors (Lipinski definition) is 3. The highest BCUT2D eigenvalue weighted by Gasteiger charge is 2.07. The van der Waals surface area contributed by atoms with E-state index in [2.05, 4.69) is 4.74 Å². The molecule has 0 atom stereocenters. The van der Waals surface area contributed by atoms with E-state index in [-0.39, 0.29) is 5.75 Å². The lowest BCUT2D eigenvalue weighted by Gasteiger charge is -2.14. The molecule has 0 bridgehead atoms. The largest absolute Gasteiger partial charge is 0.435 e. The van der Waals surface area contributed by atoms with Gasteiger partial charge in [-0.15, -0.1) is 0 Å². The van der Waals surface area contributed by atoms with Crippen molar-refractivity contribution in [3.8, 4) is 5.75 Å². The van der Waals surface area contributed by atoms with Crippen molar-refractivity contribution in [2.75, 3.05) is 0 Å². The number of aryl methyl sites for hydroxylation is 1. The molecule has 2 rings (SSSR count). The molecule has 0 aliphatic rings. The predicted octanol–water partition coefficient (Wildman–Crippen LogP) is 3.68. The molecule has 1 heterocycles. The van der Waals surface area contributed by atoms with E-state index in [1.165, 1.54) is 17.0 Å². The number of halogens is 2. The van der Waals surface area contributed by atoms with Gasteiger partial charge in [0.2, 0.25) is 0 Å². The molecule has 0 saturated carbocycles. The quantitative estimate of drug-likeness (QED) is 0.930. The van der Waals surface area contributed by atoms with Crippen molar-refractivity contribution < 1.29 is 13.5 Å². The van der Waals surface area contributed by atoms with E-state index in [4.69, 9.17) is 5.73 Å². The maximum Gasteiger partial charge on any atom is 0.387 e. The van der Waals surface area contributed by atoms with Gasteiger partial charge in [-0.1, -0.05) is 11.5 Å². The van der Waals surface area contributed by atoms with Gasteiger partial charge in [-0.05, 0) is 43.7 Å². The molecule has 102 valence electrons. The van der Waals surface area contributed by atoms with Crippen molar-refractivity contribution in [2.45, 2.75) is 20.5 Å². The van der Waals surface area contributed by atoms with Crippen LogP contribution in [0.15, 0.2) is 24.3 Å². The fourth-order valence-electron chi connectivity index (χ4n) is 1.55. The van der Waals surface area contributed by atoms with Gasteiger partial charge in [0, 0.05) is 16.8 Å². The van der Waals surface area contributed by atoms with E-state index in [0.717, 1.165) is 11.3 Å². The highest BCUT2D eigenvalue weighted by molar-refractivity contribution is 7.08. The van der Waals surface area contributed by atoms with Crippen LogP contribution in [0, 0.1) is 13.8 Å². The van der Waals surface area contributed by atoms with Gasteiger partial charge >= 0.3 is 6.61 Å². The van der Waals surface area contributed by atoms with Gasteiger partial charge in [0.05, 0.1) is 5.70 Å². The number of nitrogens with two attached hydrogens (primary N) is 1. The molecule has 6 heteroatoms. The topological polar surface area (TPSA) is 40.2 Å². The summed E-state index contributed by atoms with van der Waals surface area (Å²) in [5.74, 6) is 0.122. The molecule has 0 saturated heterocycles. The van der Waals surface area contributed by atoms with Crippen molar-refractivity contribution >= 4 is 23.4 Å². The van der Waals surface area contributed by atoms with Gasteiger partial charge < -0.3 is 10.5 Å². The summed E-state index contributed by atoms with van der Waals surface area (Å²) in [6.45, 7) is 1.23. The zero-order valence-corrected chi connectivity index (χ0v) is 11.4. The predicted molar refractivity (Wildman–Crippen MR) is 73.2 cm³/mol. The molecule has 2 aromatic rings. The number of nitrogens with zero attached hydrogens (tertiary/aromatic N) is 1. The van der Waals surface area contributed by atoms with Crippen LogP contribution in [0.25, 0.3) is 11.9 Å². The first kappa shape index (κ1) is 13.6. The van der Waals surface area contributed by atoms with Gasteiger partial charge in [0.1, 0.15) is 5.75 Å². The minimum absolute atomic E-state index is 0.122. The molecule has 0 amide bonds. The van der Waals surface area contributed by atoms with Crippen LogP contribution in [-0.4, -0.2) is 10.6 Å². The van der Waals surface area contributed by atoms with E-state index < -0.39 is 6.61 Å². The second kappa shape index (κ2) is 5.44. The van der Waals surface area contributed by atoms with Gasteiger partial charge in [0.25, 0.3) is 0 Å². The summed E-state index contributed by atoms with van der Waals surface area (Å²) in [7, 11) is 0. The SMILES string of the molecule is Cc1sn(/C=C(\N)c2ccc(OC(F)F)cc2)c1C. The standard InChI is InChI=1S/C13H14F2N2OS/c1-8-9(2)19-17(8)7-12(16)10-3-5-11(6-4-10)18-13(14)15/h3-7,13H,16H2,1-2H3/b12-7-. The minimum atomic E-state index is -2.81. The second-order valence-corrected chi connectivity index (χ2v) is 5.23. The maximum atomic E-state index is 12.0. The van der Waals surface area contributed by atoms with Crippen LogP contribution >= 0.6 is 11.5 Å². The number of rotatable bonds is 4. The first-order valence-electron chi connectivity index (χ1n) is 5.64. The van der Waals surface area contributed by atoms with Crippen molar-refractivity contribution in [3.63, 3.8) is 0 Å². The van der Waals surface area contributed by atoms with Gasteiger partial charge in [-0.3, -0.25) is 3.96 Å². The molecular formula is C13H14F2N2OS. The molecule has 2 N–H and O–H groups in total. The Balaban J connectivity index is 2.14. The zero-order chi connectivity index (χ0) is 14.0. The van der Waals surface area contributed by atoms with Crippen LogP contribution in [0.2, 0.25) is 0 Å². The van der Waals surface area contributed by atoms with E-state index in [9.17, 15) is 8.78 Å². The maximum absolute atomic E-state index is 12.0. The van der Waals surface area contributed by atoms with Crippen molar-refractivity contribution in [1.29, 1.82) is 0 Å². The lowest BCUT2D eigenvalue weighted by molar-refractivity contribution is -0.0498. The van der Waals surface area contributed by atoms with Crippen molar-refractivity contribution in [3.05, 3.63) is 40.4 Å². The molecular weight excluding hydrogens is 270 g/mol. The normalized spacial score (nSPS) is 12.2. The molecule has 0 fully saturated rings. The van der Waals surface area contributed by atoms with Crippen molar-refractivity contribution in [1.82, 2.24) is 3.96 Å². The third kappa shape index (κ3) is 3.14. The highest BCUT2D eigenvalue weighted by atomic mass is 32.1. The van der Waals surface area contributed by atoms with Crippen LogP contribution < -0.4 is 10.5 Å². The van der Waals surface area contributed by atoms with Crippen LogP contribution in [0.3, 0.4) is 0 Å². The number of ether oxygens (including phenoxy) is 1. The summed E-state index contributed by atoms with van der Waals surface area (Å²) in [5, 5.41) is 0. The number of aromatic nitrogens is 1. The minimum Gasteiger partial charge on any atom is -0.435 e. The average molecular weight is 284 g/mol. The van der Waals surface area contributed by atoms with Crippen LogP contribution in [0.4, 0.5) is 8.78 Å². The van der Waals surface area contributed by atoms with Gasteiger partial charge in [0.15, 0.2) is 0 Å². The second-order valence-electron chi connectivity index (χ2n) is 4.05. The van der Waals surface area contributed by atoms with Crippen molar-refractivity contribution in [2.24, 2.45) is 5.73 Å². The van der Waals surface area contributed by atoms with E-state index >= 15 is 0 Å². The first-order chi connectivity index (χ1) is 8.97. The molecule has 0 aliphatic heterocycles. The Hall–Kier alpha value is -1.82.